The number of hydrogen-bond donors (Lipinski definition) is 2. The highest BCUT2D eigenvalue weighted by Crippen LogP contribution is 2.22. The third kappa shape index (κ3) is 3.30. The molecule has 0 unspecified atom stereocenters. The van der Waals surface area contributed by atoms with Crippen molar-refractivity contribution in [2.24, 2.45) is 5.73 Å². The lowest BCUT2D eigenvalue weighted by Crippen LogP contribution is -2.50. The summed E-state index contributed by atoms with van der Waals surface area (Å²) in [4.78, 5) is 12.0. The standard InChI is InChI=1S/C13H19BrN2O/c1-4-13(15,5-2)12(17)16-10-7-6-9(3)11(14)8-10/h6-8H,4-5,15H2,1-3H3,(H,16,17). The molecular formula is C13H19BrN2O. The van der Waals surface area contributed by atoms with Gasteiger partial charge in [-0.2, -0.15) is 0 Å². The van der Waals surface area contributed by atoms with Crippen LogP contribution in [0.5, 0.6) is 0 Å². The van der Waals surface area contributed by atoms with E-state index in [4.69, 9.17) is 5.73 Å². The second kappa shape index (κ2) is 5.65. The number of amides is 1. The zero-order valence-corrected chi connectivity index (χ0v) is 12.1. The van der Waals surface area contributed by atoms with E-state index in [1.54, 1.807) is 0 Å². The number of hydrogen-bond acceptors (Lipinski definition) is 2. The molecule has 0 aromatic heterocycles. The molecule has 0 aliphatic rings. The highest BCUT2D eigenvalue weighted by atomic mass is 79.9. The minimum absolute atomic E-state index is 0.127. The largest absolute Gasteiger partial charge is 0.324 e. The van der Waals surface area contributed by atoms with Gasteiger partial charge in [0, 0.05) is 10.2 Å². The predicted octanol–water partition coefficient (Wildman–Crippen LogP) is 3.21. The minimum Gasteiger partial charge on any atom is -0.324 e. The fraction of sp³-hybridized carbons (Fsp3) is 0.462. The van der Waals surface area contributed by atoms with Gasteiger partial charge in [0.25, 0.3) is 0 Å². The van der Waals surface area contributed by atoms with Crippen LogP contribution in [0.3, 0.4) is 0 Å². The first kappa shape index (κ1) is 14.2. The van der Waals surface area contributed by atoms with Gasteiger partial charge in [-0.15, -0.1) is 0 Å². The summed E-state index contributed by atoms with van der Waals surface area (Å²) in [5.41, 5.74) is 7.15. The van der Waals surface area contributed by atoms with Crippen molar-refractivity contribution in [3.63, 3.8) is 0 Å². The molecule has 3 N–H and O–H groups in total. The van der Waals surface area contributed by atoms with Crippen molar-refractivity contribution >= 4 is 27.5 Å². The Bertz CT molecular complexity index is 414. The molecule has 0 heterocycles. The van der Waals surface area contributed by atoms with E-state index < -0.39 is 5.54 Å². The van der Waals surface area contributed by atoms with Crippen LogP contribution in [0.25, 0.3) is 0 Å². The number of benzene rings is 1. The Morgan fingerprint density at radius 1 is 1.41 bits per heavy atom. The lowest BCUT2D eigenvalue weighted by Gasteiger charge is -2.25. The Morgan fingerprint density at radius 2 is 2.00 bits per heavy atom. The van der Waals surface area contributed by atoms with Crippen LogP contribution in [0.2, 0.25) is 0 Å². The molecule has 1 aromatic rings. The Labute approximate surface area is 111 Å². The summed E-state index contributed by atoms with van der Waals surface area (Å²) in [5, 5.41) is 2.86. The molecule has 0 fully saturated rings. The van der Waals surface area contributed by atoms with E-state index in [9.17, 15) is 4.79 Å². The zero-order valence-electron chi connectivity index (χ0n) is 10.5. The van der Waals surface area contributed by atoms with Crippen LogP contribution < -0.4 is 11.1 Å². The van der Waals surface area contributed by atoms with E-state index in [-0.39, 0.29) is 5.91 Å². The Balaban J connectivity index is 2.84. The second-order valence-electron chi connectivity index (χ2n) is 4.28. The van der Waals surface area contributed by atoms with E-state index in [1.165, 1.54) is 0 Å². The normalized spacial score (nSPS) is 11.4. The van der Waals surface area contributed by atoms with Crippen molar-refractivity contribution in [2.75, 3.05) is 5.32 Å². The number of carbonyl (C=O) groups is 1. The van der Waals surface area contributed by atoms with Gasteiger partial charge in [0.15, 0.2) is 0 Å². The monoisotopic (exact) mass is 298 g/mol. The average Bonchev–Trinajstić information content (AvgIpc) is 2.32. The highest BCUT2D eigenvalue weighted by molar-refractivity contribution is 9.10. The van der Waals surface area contributed by atoms with Crippen molar-refractivity contribution in [1.82, 2.24) is 0 Å². The molecule has 1 amide bonds. The van der Waals surface area contributed by atoms with E-state index in [2.05, 4.69) is 21.2 Å². The van der Waals surface area contributed by atoms with Gasteiger partial charge >= 0.3 is 0 Å². The van der Waals surface area contributed by atoms with Crippen LogP contribution in [0.4, 0.5) is 5.69 Å². The molecule has 1 rings (SSSR count). The van der Waals surface area contributed by atoms with Crippen molar-refractivity contribution in [3.8, 4) is 0 Å². The number of nitrogens with one attached hydrogen (secondary N) is 1. The maximum absolute atomic E-state index is 12.0. The van der Waals surface area contributed by atoms with Gasteiger partial charge in [-0.3, -0.25) is 4.79 Å². The first-order valence-corrected chi connectivity index (χ1v) is 6.58. The van der Waals surface area contributed by atoms with Crippen molar-refractivity contribution in [2.45, 2.75) is 39.2 Å². The number of aryl methyl sites for hydroxylation is 1. The van der Waals surface area contributed by atoms with E-state index >= 15 is 0 Å². The molecule has 94 valence electrons. The van der Waals surface area contributed by atoms with Crippen LogP contribution >= 0.6 is 15.9 Å². The summed E-state index contributed by atoms with van der Waals surface area (Å²) in [7, 11) is 0. The van der Waals surface area contributed by atoms with Crippen LogP contribution in [-0.2, 0) is 4.79 Å². The van der Waals surface area contributed by atoms with Crippen LogP contribution in [0.15, 0.2) is 22.7 Å². The number of rotatable bonds is 4. The lowest BCUT2D eigenvalue weighted by atomic mass is 9.93. The topological polar surface area (TPSA) is 55.1 Å². The third-order valence-corrected chi connectivity index (χ3v) is 4.00. The molecule has 0 spiro atoms. The number of nitrogens with two attached hydrogens (primary N) is 1. The number of anilines is 1. The summed E-state index contributed by atoms with van der Waals surface area (Å²) in [6.45, 7) is 5.85. The van der Waals surface area contributed by atoms with Crippen molar-refractivity contribution < 1.29 is 4.79 Å². The van der Waals surface area contributed by atoms with Crippen molar-refractivity contribution in [3.05, 3.63) is 28.2 Å². The molecule has 0 aliphatic heterocycles. The molecule has 0 aliphatic carbocycles. The Morgan fingerprint density at radius 3 is 2.47 bits per heavy atom. The molecule has 0 atom stereocenters. The Hall–Kier alpha value is -0.870. The van der Waals surface area contributed by atoms with Crippen molar-refractivity contribution in [1.29, 1.82) is 0 Å². The van der Waals surface area contributed by atoms with E-state index in [1.807, 2.05) is 39.0 Å². The SMILES string of the molecule is CCC(N)(CC)C(=O)Nc1ccc(C)c(Br)c1. The van der Waals surface area contributed by atoms with Gasteiger partial charge in [0.2, 0.25) is 5.91 Å². The molecule has 1 aromatic carbocycles. The molecule has 0 radical (unpaired) electrons. The Kier molecular flexibility index (Phi) is 4.71. The molecule has 0 bridgehead atoms. The molecule has 17 heavy (non-hydrogen) atoms. The molecular weight excluding hydrogens is 280 g/mol. The zero-order chi connectivity index (χ0) is 13.1. The molecule has 0 saturated heterocycles. The predicted molar refractivity (Wildman–Crippen MR) is 75.0 cm³/mol. The van der Waals surface area contributed by atoms with E-state index in [0.29, 0.717) is 12.8 Å². The van der Waals surface area contributed by atoms with Gasteiger partial charge in [-0.1, -0.05) is 35.8 Å². The maximum atomic E-state index is 12.0. The highest BCUT2D eigenvalue weighted by Gasteiger charge is 2.29. The summed E-state index contributed by atoms with van der Waals surface area (Å²) in [6, 6.07) is 5.72. The average molecular weight is 299 g/mol. The van der Waals surface area contributed by atoms with Gasteiger partial charge in [-0.25, -0.2) is 0 Å². The lowest BCUT2D eigenvalue weighted by molar-refractivity contribution is -0.121. The van der Waals surface area contributed by atoms with E-state index in [0.717, 1.165) is 15.7 Å². The summed E-state index contributed by atoms with van der Waals surface area (Å²) in [5.74, 6) is -0.127. The summed E-state index contributed by atoms with van der Waals surface area (Å²) in [6.07, 6.45) is 1.25. The quantitative estimate of drug-likeness (QED) is 0.897. The van der Waals surface area contributed by atoms with Gasteiger partial charge in [-0.05, 0) is 37.5 Å². The molecule has 3 nitrogen and oxygen atoms in total. The van der Waals surface area contributed by atoms with Crippen LogP contribution in [0, 0.1) is 6.92 Å². The number of halogens is 1. The summed E-state index contributed by atoms with van der Waals surface area (Å²) < 4.78 is 0.978. The van der Waals surface area contributed by atoms with Gasteiger partial charge in [0.1, 0.15) is 0 Å². The first-order valence-electron chi connectivity index (χ1n) is 5.79. The van der Waals surface area contributed by atoms with Crippen LogP contribution in [-0.4, -0.2) is 11.4 Å². The third-order valence-electron chi connectivity index (χ3n) is 3.14. The fourth-order valence-corrected chi connectivity index (χ4v) is 1.88. The maximum Gasteiger partial charge on any atom is 0.244 e. The molecule has 0 saturated carbocycles. The summed E-state index contributed by atoms with van der Waals surface area (Å²) >= 11 is 3.44. The molecule has 4 heteroatoms. The number of carbonyl (C=O) groups excluding carboxylic acids is 1. The fourth-order valence-electron chi connectivity index (χ4n) is 1.50. The van der Waals surface area contributed by atoms with Gasteiger partial charge in [0.05, 0.1) is 5.54 Å². The first-order chi connectivity index (χ1) is 7.92. The van der Waals surface area contributed by atoms with Crippen LogP contribution in [0.1, 0.15) is 32.3 Å². The minimum atomic E-state index is -0.780. The van der Waals surface area contributed by atoms with Gasteiger partial charge < -0.3 is 11.1 Å². The smallest absolute Gasteiger partial charge is 0.244 e. The second-order valence-corrected chi connectivity index (χ2v) is 5.14.